The first-order valence-electron chi connectivity index (χ1n) is 10.1. The van der Waals surface area contributed by atoms with Crippen LogP contribution in [0.5, 0.6) is 11.5 Å². The molecule has 10 heteroatoms. The number of thioether (sulfide) groups is 1. The zero-order valence-electron chi connectivity index (χ0n) is 17.6. The van der Waals surface area contributed by atoms with Crippen LogP contribution in [0.1, 0.15) is 27.2 Å². The minimum Gasteiger partial charge on any atom is -0.545 e. The molecule has 0 saturated carbocycles. The molecule has 172 valence electrons. The molecule has 0 spiro atoms. The molecular formula is C24H15ClNO7S-. The molecule has 1 aromatic heterocycles. The van der Waals surface area contributed by atoms with Crippen molar-refractivity contribution in [3.8, 4) is 22.8 Å². The monoisotopic (exact) mass is 496 g/mol. The fourth-order valence-corrected chi connectivity index (χ4v) is 4.75. The number of fused-ring (bicyclic) bond motifs is 1. The molecule has 5 rings (SSSR count). The highest BCUT2D eigenvalue weighted by molar-refractivity contribution is 8.18. The summed E-state index contributed by atoms with van der Waals surface area (Å²) in [6, 6.07) is 11.3. The number of carbonyl (C=O) groups excluding carboxylic acids is 3. The number of carboxylic acids is 1. The number of aromatic carboxylic acids is 1. The van der Waals surface area contributed by atoms with Crippen molar-refractivity contribution in [1.82, 2.24) is 4.90 Å². The third kappa shape index (κ3) is 3.93. The van der Waals surface area contributed by atoms with E-state index in [1.54, 1.807) is 43.3 Å². The maximum atomic E-state index is 12.9. The Bertz CT molecular complexity index is 1390. The van der Waals surface area contributed by atoms with Crippen molar-refractivity contribution in [1.29, 1.82) is 0 Å². The van der Waals surface area contributed by atoms with E-state index in [1.807, 2.05) is 0 Å². The lowest BCUT2D eigenvalue weighted by Crippen LogP contribution is -2.27. The molecule has 3 aromatic rings. The molecule has 2 amide bonds. The number of furan rings is 1. The van der Waals surface area contributed by atoms with E-state index in [4.69, 9.17) is 25.5 Å². The number of carboxylic acid groups (broad SMARTS) is 1. The van der Waals surface area contributed by atoms with Crippen molar-refractivity contribution < 1.29 is 33.4 Å². The molecule has 34 heavy (non-hydrogen) atoms. The molecule has 8 nitrogen and oxygen atoms in total. The van der Waals surface area contributed by atoms with E-state index in [1.165, 1.54) is 12.1 Å². The minimum atomic E-state index is -1.28. The molecule has 1 fully saturated rings. The van der Waals surface area contributed by atoms with Crippen molar-refractivity contribution in [2.75, 3.05) is 6.79 Å². The third-order valence-electron chi connectivity index (χ3n) is 5.46. The molecule has 0 N–H and O–H groups in total. The van der Waals surface area contributed by atoms with Crippen LogP contribution in [-0.4, -0.2) is 28.8 Å². The van der Waals surface area contributed by atoms with Gasteiger partial charge in [-0.1, -0.05) is 29.8 Å². The van der Waals surface area contributed by atoms with Crippen LogP contribution in [0.15, 0.2) is 51.8 Å². The van der Waals surface area contributed by atoms with Crippen LogP contribution in [0.2, 0.25) is 5.02 Å². The number of hydrogen-bond donors (Lipinski definition) is 0. The van der Waals surface area contributed by atoms with E-state index in [-0.39, 0.29) is 23.8 Å². The van der Waals surface area contributed by atoms with E-state index in [0.29, 0.717) is 44.7 Å². The number of benzene rings is 2. The zero-order chi connectivity index (χ0) is 24.0. The topological polar surface area (TPSA) is 109 Å². The summed E-state index contributed by atoms with van der Waals surface area (Å²) in [5.74, 6) is 0.0390. The maximum absolute atomic E-state index is 12.9. The summed E-state index contributed by atoms with van der Waals surface area (Å²) >= 11 is 7.09. The molecule has 2 aliphatic rings. The highest BCUT2D eigenvalue weighted by Gasteiger charge is 2.36. The van der Waals surface area contributed by atoms with E-state index >= 15 is 0 Å². The molecular weight excluding hydrogens is 482 g/mol. The van der Waals surface area contributed by atoms with Crippen molar-refractivity contribution in [3.05, 3.63) is 74.8 Å². The number of imide groups is 1. The molecule has 0 atom stereocenters. The van der Waals surface area contributed by atoms with Crippen LogP contribution in [0, 0.1) is 6.92 Å². The Hall–Kier alpha value is -3.69. The average molecular weight is 497 g/mol. The lowest BCUT2D eigenvalue weighted by Gasteiger charge is -2.14. The Labute approximate surface area is 202 Å². The van der Waals surface area contributed by atoms with Gasteiger partial charge in [-0.3, -0.25) is 14.5 Å². The SMILES string of the molecule is Cc1c(C(=O)[O-])cccc1-c1ccc(/C=C2/SC(=O)N(Cc3cc4c(cc3Cl)OCO4)C2=O)o1. The Balaban J connectivity index is 1.38. The Kier molecular flexibility index (Phi) is 5.59. The van der Waals surface area contributed by atoms with E-state index in [2.05, 4.69) is 0 Å². The van der Waals surface area contributed by atoms with Crippen LogP contribution >= 0.6 is 23.4 Å². The second-order valence-electron chi connectivity index (χ2n) is 7.53. The van der Waals surface area contributed by atoms with Crippen molar-refractivity contribution in [2.24, 2.45) is 0 Å². The van der Waals surface area contributed by atoms with Gasteiger partial charge in [0, 0.05) is 28.3 Å². The smallest absolute Gasteiger partial charge is 0.293 e. The fraction of sp³-hybridized carbons (Fsp3) is 0.125. The van der Waals surface area contributed by atoms with Gasteiger partial charge in [-0.15, -0.1) is 0 Å². The summed E-state index contributed by atoms with van der Waals surface area (Å²) in [5.41, 5.74) is 1.72. The number of rotatable bonds is 5. The van der Waals surface area contributed by atoms with Crippen molar-refractivity contribution >= 4 is 46.6 Å². The molecule has 2 aromatic carbocycles. The number of ether oxygens (including phenoxy) is 2. The van der Waals surface area contributed by atoms with Crippen LogP contribution in [0.4, 0.5) is 4.79 Å². The summed E-state index contributed by atoms with van der Waals surface area (Å²) in [7, 11) is 0. The second kappa shape index (κ2) is 8.58. The summed E-state index contributed by atoms with van der Waals surface area (Å²) < 4.78 is 16.4. The number of nitrogens with zero attached hydrogens (tertiary/aromatic N) is 1. The van der Waals surface area contributed by atoms with E-state index in [9.17, 15) is 19.5 Å². The van der Waals surface area contributed by atoms with Crippen LogP contribution in [0.25, 0.3) is 17.4 Å². The van der Waals surface area contributed by atoms with E-state index < -0.39 is 17.1 Å². The number of halogens is 1. The van der Waals surface area contributed by atoms with Gasteiger partial charge < -0.3 is 23.8 Å². The minimum absolute atomic E-state index is 0.0178. The number of hydrogen-bond acceptors (Lipinski definition) is 8. The van der Waals surface area contributed by atoms with Gasteiger partial charge in [-0.2, -0.15) is 0 Å². The Morgan fingerprint density at radius 1 is 1.18 bits per heavy atom. The molecule has 3 heterocycles. The molecule has 2 aliphatic heterocycles. The first kappa shape index (κ1) is 22.1. The standard InChI is InChI=1S/C24H16ClNO7S/c1-12-15(3-2-4-16(12)23(28)29)18-6-5-14(33-18)8-21-22(27)26(24(30)34-21)10-13-7-19-20(9-17(13)25)32-11-31-19/h2-9H,10-11H2,1H3,(H,28,29)/p-1/b21-8+. The normalized spacial score (nSPS) is 16.1. The predicted octanol–water partition coefficient (Wildman–Crippen LogP) is 4.24. The summed E-state index contributed by atoms with van der Waals surface area (Å²) in [4.78, 5) is 38.1. The maximum Gasteiger partial charge on any atom is 0.293 e. The average Bonchev–Trinajstić information content (AvgIpc) is 3.50. The molecule has 1 saturated heterocycles. The number of amides is 2. The second-order valence-corrected chi connectivity index (χ2v) is 8.93. The van der Waals surface area contributed by atoms with Gasteiger partial charge in [0.05, 0.1) is 17.4 Å². The first-order chi connectivity index (χ1) is 16.3. The largest absolute Gasteiger partial charge is 0.545 e. The van der Waals surface area contributed by atoms with Gasteiger partial charge >= 0.3 is 0 Å². The highest BCUT2D eigenvalue weighted by Crippen LogP contribution is 2.39. The molecule has 0 radical (unpaired) electrons. The van der Waals surface area contributed by atoms with Crippen molar-refractivity contribution in [2.45, 2.75) is 13.5 Å². The van der Waals surface area contributed by atoms with Gasteiger partial charge in [0.15, 0.2) is 11.5 Å². The molecule has 0 unspecified atom stereocenters. The fourth-order valence-electron chi connectivity index (χ4n) is 3.72. The zero-order valence-corrected chi connectivity index (χ0v) is 19.2. The Morgan fingerprint density at radius 3 is 2.71 bits per heavy atom. The van der Waals surface area contributed by atoms with Gasteiger partial charge in [-0.05, 0) is 48.0 Å². The van der Waals surface area contributed by atoms with Crippen LogP contribution in [-0.2, 0) is 11.3 Å². The lowest BCUT2D eigenvalue weighted by atomic mass is 10.0. The van der Waals surface area contributed by atoms with Gasteiger partial charge in [-0.25, -0.2) is 0 Å². The summed E-state index contributed by atoms with van der Waals surface area (Å²) in [6.45, 7) is 1.73. The highest BCUT2D eigenvalue weighted by atomic mass is 35.5. The van der Waals surface area contributed by atoms with Gasteiger partial charge in [0.25, 0.3) is 11.1 Å². The van der Waals surface area contributed by atoms with Gasteiger partial charge in [0.1, 0.15) is 11.5 Å². The summed E-state index contributed by atoms with van der Waals surface area (Å²) in [6.07, 6.45) is 1.48. The number of carbonyl (C=O) groups is 3. The molecule has 0 bridgehead atoms. The lowest BCUT2D eigenvalue weighted by molar-refractivity contribution is -0.255. The first-order valence-corrected chi connectivity index (χ1v) is 11.3. The molecule has 0 aliphatic carbocycles. The van der Waals surface area contributed by atoms with E-state index in [0.717, 1.165) is 16.7 Å². The third-order valence-corrected chi connectivity index (χ3v) is 6.72. The van der Waals surface area contributed by atoms with Gasteiger partial charge in [0.2, 0.25) is 6.79 Å². The Morgan fingerprint density at radius 2 is 1.94 bits per heavy atom. The van der Waals surface area contributed by atoms with Crippen LogP contribution in [0.3, 0.4) is 0 Å². The quantitative estimate of drug-likeness (QED) is 0.482. The van der Waals surface area contributed by atoms with Crippen LogP contribution < -0.4 is 14.6 Å². The predicted molar refractivity (Wildman–Crippen MR) is 122 cm³/mol. The van der Waals surface area contributed by atoms with Crippen molar-refractivity contribution in [3.63, 3.8) is 0 Å². The summed E-state index contributed by atoms with van der Waals surface area (Å²) in [5, 5.41) is 11.2.